The lowest BCUT2D eigenvalue weighted by Gasteiger charge is -2.23. The van der Waals surface area contributed by atoms with Crippen LogP contribution in [-0.4, -0.2) is 24.5 Å². The molecule has 96 valence electrons. The molecule has 3 rings (SSSR count). The van der Waals surface area contributed by atoms with Gasteiger partial charge >= 0.3 is 0 Å². The van der Waals surface area contributed by atoms with Crippen molar-refractivity contribution in [2.75, 3.05) is 13.3 Å². The van der Waals surface area contributed by atoms with E-state index >= 15 is 0 Å². The number of benzene rings is 1. The number of rotatable bonds is 3. The minimum atomic E-state index is -0.170. The molecule has 2 aliphatic rings. The molecule has 1 aromatic rings. The molecular formula is C13H17FN3S+. The zero-order chi connectivity index (χ0) is 12.4. The topological polar surface area (TPSA) is 28.8 Å². The number of hydrogen-bond donors (Lipinski definition) is 2. The molecule has 0 saturated heterocycles. The first kappa shape index (κ1) is 12.0. The Hall–Kier alpha value is -1.07. The zero-order valence-electron chi connectivity index (χ0n) is 10.2. The fourth-order valence-electron chi connectivity index (χ4n) is 2.11. The fraction of sp³-hybridized carbons (Fsp3) is 0.462. The minimum Gasteiger partial charge on any atom is -0.318 e. The Bertz CT molecular complexity index is 459. The van der Waals surface area contributed by atoms with Gasteiger partial charge in [-0.3, -0.25) is 4.90 Å². The summed E-state index contributed by atoms with van der Waals surface area (Å²) in [6, 6.07) is 7.58. The van der Waals surface area contributed by atoms with Gasteiger partial charge in [0.2, 0.25) is 0 Å². The van der Waals surface area contributed by atoms with Crippen molar-refractivity contribution >= 4 is 16.9 Å². The SMILES string of the molecule is Fc1cccc(CSC2=NC[NH+](C3CC3)CN2)c1. The summed E-state index contributed by atoms with van der Waals surface area (Å²) in [6.07, 6.45) is 2.69. The van der Waals surface area contributed by atoms with Crippen LogP contribution in [0.4, 0.5) is 4.39 Å². The Morgan fingerprint density at radius 1 is 1.44 bits per heavy atom. The molecule has 0 spiro atoms. The fourth-order valence-corrected chi connectivity index (χ4v) is 2.93. The van der Waals surface area contributed by atoms with E-state index in [1.165, 1.54) is 18.9 Å². The largest absolute Gasteiger partial charge is 0.318 e. The van der Waals surface area contributed by atoms with Gasteiger partial charge in [0.25, 0.3) is 0 Å². The standard InChI is InChI=1S/C13H16FN3S/c14-11-3-1-2-10(6-11)7-18-13-15-8-17(9-16-13)12-4-5-12/h1-3,6,12H,4-5,7-9H2,(H,15,16)/p+1. The van der Waals surface area contributed by atoms with E-state index in [9.17, 15) is 4.39 Å². The van der Waals surface area contributed by atoms with Gasteiger partial charge in [0.05, 0.1) is 6.04 Å². The quantitative estimate of drug-likeness (QED) is 0.854. The van der Waals surface area contributed by atoms with Crippen LogP contribution in [-0.2, 0) is 5.75 Å². The van der Waals surface area contributed by atoms with E-state index in [1.54, 1.807) is 28.8 Å². The highest BCUT2D eigenvalue weighted by molar-refractivity contribution is 8.13. The Kier molecular flexibility index (Phi) is 3.52. The van der Waals surface area contributed by atoms with Crippen LogP contribution in [0.5, 0.6) is 0 Å². The van der Waals surface area contributed by atoms with Crippen LogP contribution in [0.15, 0.2) is 29.3 Å². The van der Waals surface area contributed by atoms with Crippen LogP contribution >= 0.6 is 11.8 Å². The summed E-state index contributed by atoms with van der Waals surface area (Å²) in [6.45, 7) is 1.85. The summed E-state index contributed by atoms with van der Waals surface area (Å²) in [5, 5.41) is 4.35. The number of amidine groups is 1. The van der Waals surface area contributed by atoms with Crippen molar-refractivity contribution < 1.29 is 9.29 Å². The second kappa shape index (κ2) is 5.28. The smallest absolute Gasteiger partial charge is 0.175 e. The summed E-state index contributed by atoms with van der Waals surface area (Å²) >= 11 is 1.65. The van der Waals surface area contributed by atoms with Crippen molar-refractivity contribution in [2.24, 2.45) is 4.99 Å². The van der Waals surface area contributed by atoms with E-state index in [1.807, 2.05) is 6.07 Å². The Morgan fingerprint density at radius 3 is 3.00 bits per heavy atom. The van der Waals surface area contributed by atoms with Gasteiger partial charge in [-0.1, -0.05) is 23.9 Å². The molecule has 1 aromatic carbocycles. The second-order valence-corrected chi connectivity index (χ2v) is 5.79. The van der Waals surface area contributed by atoms with Gasteiger partial charge < -0.3 is 5.32 Å². The highest BCUT2D eigenvalue weighted by atomic mass is 32.2. The Labute approximate surface area is 110 Å². The lowest BCUT2D eigenvalue weighted by atomic mass is 10.2. The third kappa shape index (κ3) is 3.03. The van der Waals surface area contributed by atoms with Crippen molar-refractivity contribution in [3.63, 3.8) is 0 Å². The van der Waals surface area contributed by atoms with Gasteiger partial charge in [-0.2, -0.15) is 0 Å². The van der Waals surface area contributed by atoms with Crippen LogP contribution < -0.4 is 10.2 Å². The van der Waals surface area contributed by atoms with Crippen molar-refractivity contribution in [3.05, 3.63) is 35.6 Å². The molecule has 1 aliphatic carbocycles. The maximum absolute atomic E-state index is 13.0. The molecule has 5 heteroatoms. The van der Waals surface area contributed by atoms with Crippen LogP contribution in [0.3, 0.4) is 0 Å². The molecule has 0 radical (unpaired) electrons. The first-order chi connectivity index (χ1) is 8.81. The highest BCUT2D eigenvalue weighted by Crippen LogP contribution is 2.17. The molecule has 1 fully saturated rings. The summed E-state index contributed by atoms with van der Waals surface area (Å²) < 4.78 is 13.0. The predicted octanol–water partition coefficient (Wildman–Crippen LogP) is 0.980. The molecule has 0 bridgehead atoms. The molecule has 2 N–H and O–H groups in total. The molecule has 1 aliphatic heterocycles. The van der Waals surface area contributed by atoms with E-state index < -0.39 is 0 Å². The van der Waals surface area contributed by atoms with Gasteiger partial charge in [-0.05, 0) is 17.7 Å². The van der Waals surface area contributed by atoms with Gasteiger partial charge in [0, 0.05) is 18.6 Å². The minimum absolute atomic E-state index is 0.170. The van der Waals surface area contributed by atoms with Crippen LogP contribution in [0, 0.1) is 5.82 Å². The lowest BCUT2D eigenvalue weighted by Crippen LogP contribution is -3.15. The van der Waals surface area contributed by atoms with Crippen molar-refractivity contribution in [1.82, 2.24) is 5.32 Å². The van der Waals surface area contributed by atoms with Crippen LogP contribution in [0.2, 0.25) is 0 Å². The maximum atomic E-state index is 13.0. The van der Waals surface area contributed by atoms with Crippen molar-refractivity contribution in [2.45, 2.75) is 24.6 Å². The molecule has 3 nitrogen and oxygen atoms in total. The van der Waals surface area contributed by atoms with E-state index in [2.05, 4.69) is 10.3 Å². The van der Waals surface area contributed by atoms with Crippen molar-refractivity contribution in [1.29, 1.82) is 0 Å². The van der Waals surface area contributed by atoms with E-state index in [0.29, 0.717) is 0 Å². The molecule has 1 heterocycles. The molecule has 1 unspecified atom stereocenters. The first-order valence-electron chi connectivity index (χ1n) is 6.31. The van der Waals surface area contributed by atoms with Gasteiger partial charge in [0.1, 0.15) is 5.82 Å². The third-order valence-corrected chi connectivity index (χ3v) is 4.34. The number of nitrogens with one attached hydrogen (secondary N) is 2. The van der Waals surface area contributed by atoms with E-state index in [-0.39, 0.29) is 5.82 Å². The number of aliphatic imine (C=N–C) groups is 1. The maximum Gasteiger partial charge on any atom is 0.175 e. The number of thioether (sulfide) groups is 1. The molecule has 0 amide bonds. The second-order valence-electron chi connectivity index (χ2n) is 4.83. The van der Waals surface area contributed by atoms with Gasteiger partial charge in [-0.15, -0.1) is 0 Å². The average Bonchev–Trinajstić information content (AvgIpc) is 3.21. The molecule has 18 heavy (non-hydrogen) atoms. The van der Waals surface area contributed by atoms with Gasteiger partial charge in [0.15, 0.2) is 18.5 Å². The molecule has 1 atom stereocenters. The lowest BCUT2D eigenvalue weighted by molar-refractivity contribution is -0.913. The monoisotopic (exact) mass is 266 g/mol. The first-order valence-corrected chi connectivity index (χ1v) is 7.30. The van der Waals surface area contributed by atoms with Gasteiger partial charge in [-0.25, -0.2) is 9.38 Å². The highest BCUT2D eigenvalue weighted by Gasteiger charge is 2.34. The zero-order valence-corrected chi connectivity index (χ0v) is 11.0. The Balaban J connectivity index is 1.51. The van der Waals surface area contributed by atoms with E-state index in [0.717, 1.165) is 35.9 Å². The molecule has 0 aromatic heterocycles. The summed E-state index contributed by atoms with van der Waals surface area (Å²) in [5.74, 6) is 0.596. The molecular weight excluding hydrogens is 249 g/mol. The van der Waals surface area contributed by atoms with Crippen LogP contribution in [0.1, 0.15) is 18.4 Å². The summed E-state index contributed by atoms with van der Waals surface area (Å²) in [4.78, 5) is 6.09. The third-order valence-electron chi connectivity index (χ3n) is 3.31. The number of quaternary nitrogens is 1. The Morgan fingerprint density at radius 2 is 2.33 bits per heavy atom. The summed E-state index contributed by atoms with van der Waals surface area (Å²) in [5.41, 5.74) is 1.00. The van der Waals surface area contributed by atoms with Crippen LogP contribution in [0.25, 0.3) is 0 Å². The number of hydrogen-bond acceptors (Lipinski definition) is 3. The normalized spacial score (nSPS) is 23.4. The number of halogens is 1. The van der Waals surface area contributed by atoms with E-state index in [4.69, 9.17) is 0 Å². The van der Waals surface area contributed by atoms with Crippen molar-refractivity contribution in [3.8, 4) is 0 Å². The summed E-state index contributed by atoms with van der Waals surface area (Å²) in [7, 11) is 0. The number of nitrogens with zero attached hydrogens (tertiary/aromatic N) is 1. The predicted molar refractivity (Wildman–Crippen MR) is 72.0 cm³/mol. The average molecular weight is 266 g/mol. The molecule has 1 saturated carbocycles.